The van der Waals surface area contributed by atoms with E-state index < -0.39 is 29.2 Å². The Morgan fingerprint density at radius 1 is 1.16 bits per heavy atom. The van der Waals surface area contributed by atoms with E-state index in [-0.39, 0.29) is 24.3 Å². The minimum Gasteiger partial charge on any atom is -0.368 e. The first-order chi connectivity index (χ1) is 18.0. The number of carbonyl (C=O) groups is 1. The van der Waals surface area contributed by atoms with Crippen molar-refractivity contribution in [3.8, 4) is 10.6 Å². The van der Waals surface area contributed by atoms with E-state index in [1.54, 1.807) is 24.6 Å². The third kappa shape index (κ3) is 5.51. The van der Waals surface area contributed by atoms with Gasteiger partial charge in [-0.3, -0.25) is 18.7 Å². The molecule has 0 saturated carbocycles. The van der Waals surface area contributed by atoms with Crippen molar-refractivity contribution in [2.75, 3.05) is 0 Å². The van der Waals surface area contributed by atoms with Crippen LogP contribution in [0.4, 0.5) is 13.2 Å². The van der Waals surface area contributed by atoms with Crippen molar-refractivity contribution >= 4 is 28.4 Å². The molecule has 5 heterocycles. The maximum Gasteiger partial charge on any atom is 0.451 e. The first-order valence-corrected chi connectivity index (χ1v) is 11.5. The van der Waals surface area contributed by atoms with Crippen molar-refractivity contribution in [3.05, 3.63) is 74.5 Å². The minimum atomic E-state index is -4.50. The number of halogens is 3. The molecule has 0 aliphatic rings. The van der Waals surface area contributed by atoms with Crippen LogP contribution in [0.3, 0.4) is 0 Å². The topological polar surface area (TPSA) is 170 Å². The van der Waals surface area contributed by atoms with Crippen LogP contribution in [0.2, 0.25) is 0 Å². The summed E-state index contributed by atoms with van der Waals surface area (Å²) in [6, 6.07) is 1.64. The van der Waals surface area contributed by atoms with Crippen LogP contribution in [0.15, 0.2) is 50.5 Å². The van der Waals surface area contributed by atoms with E-state index >= 15 is 0 Å². The van der Waals surface area contributed by atoms with Crippen LogP contribution in [-0.2, 0) is 31.1 Å². The van der Waals surface area contributed by atoms with Gasteiger partial charge in [0, 0.05) is 42.6 Å². The Morgan fingerprint density at radius 2 is 1.87 bits per heavy atom. The number of fused-ring (bicyclic) bond motifs is 1. The number of carbonyl (C=O) groups excluding carboxylic acids is 1. The van der Waals surface area contributed by atoms with Gasteiger partial charge < -0.3 is 14.8 Å². The van der Waals surface area contributed by atoms with Crippen molar-refractivity contribution in [2.24, 2.45) is 12.8 Å². The van der Waals surface area contributed by atoms with E-state index in [4.69, 9.17) is 10.3 Å². The van der Waals surface area contributed by atoms with Gasteiger partial charge in [-0.2, -0.15) is 13.2 Å². The van der Waals surface area contributed by atoms with Gasteiger partial charge in [-0.1, -0.05) is 5.16 Å². The third-order valence-corrected chi connectivity index (χ3v) is 5.83. The van der Waals surface area contributed by atoms with E-state index in [1.165, 1.54) is 33.8 Å². The number of aromatic nitrogens is 8. The number of nitrogens with zero attached hydrogens (tertiary/aromatic N) is 8. The number of hydrogen-bond acceptors (Lipinski definition) is 10. The molecule has 13 nitrogen and oxygen atoms in total. The summed E-state index contributed by atoms with van der Waals surface area (Å²) in [4.78, 5) is 50.6. The largest absolute Gasteiger partial charge is 0.451 e. The third-order valence-electron chi connectivity index (χ3n) is 5.01. The first kappa shape index (κ1) is 26.4. The maximum atomic E-state index is 12.7. The highest BCUT2D eigenvalue weighted by Crippen LogP contribution is 2.27. The van der Waals surface area contributed by atoms with Crippen LogP contribution < -0.4 is 17.0 Å². The number of primary amides is 1. The smallest absolute Gasteiger partial charge is 0.368 e. The van der Waals surface area contributed by atoms with Gasteiger partial charge in [-0.05, 0) is 6.92 Å². The second-order valence-electron chi connectivity index (χ2n) is 7.80. The summed E-state index contributed by atoms with van der Waals surface area (Å²) >= 11 is 1.32. The van der Waals surface area contributed by atoms with Crippen LogP contribution in [0.25, 0.3) is 21.7 Å². The number of hydrogen-bond donors (Lipinski definition) is 1. The van der Waals surface area contributed by atoms with Crippen LogP contribution in [0.5, 0.6) is 0 Å². The van der Waals surface area contributed by atoms with Crippen molar-refractivity contribution < 1.29 is 22.5 Å². The monoisotopic (exact) mass is 549 g/mol. The number of amides is 1. The number of rotatable bonds is 5. The number of alkyl halides is 3. The van der Waals surface area contributed by atoms with Crippen molar-refractivity contribution in [2.45, 2.75) is 26.2 Å². The Bertz CT molecular complexity index is 1700. The molecule has 0 saturated heterocycles. The molecule has 0 radical (unpaired) electrons. The quantitative estimate of drug-likeness (QED) is 0.340. The molecular weight excluding hydrogens is 531 g/mol. The molecular formula is C21H18F3N9O4S. The number of thiazole rings is 1. The van der Waals surface area contributed by atoms with E-state index in [0.29, 0.717) is 22.0 Å². The number of imidazole rings is 1. The van der Waals surface area contributed by atoms with Crippen molar-refractivity contribution in [3.63, 3.8) is 0 Å². The van der Waals surface area contributed by atoms with E-state index in [9.17, 15) is 27.6 Å². The summed E-state index contributed by atoms with van der Waals surface area (Å²) in [6.07, 6.45) is 0.614. The zero-order valence-corrected chi connectivity index (χ0v) is 20.5. The maximum absolute atomic E-state index is 12.7. The Hall–Kier alpha value is -4.67. The molecule has 5 rings (SSSR count). The number of aryl methyl sites for hydroxylation is 2. The van der Waals surface area contributed by atoms with Gasteiger partial charge in [0.2, 0.25) is 11.7 Å². The molecule has 5 aromatic rings. The second kappa shape index (κ2) is 10.4. The fraction of sp³-hybridized carbons (Fsp3) is 0.238. The predicted molar refractivity (Wildman–Crippen MR) is 127 cm³/mol. The molecule has 0 aromatic carbocycles. The molecule has 198 valence electrons. The minimum absolute atomic E-state index is 0.0411. The zero-order chi connectivity index (χ0) is 27.6. The van der Waals surface area contributed by atoms with Crippen LogP contribution in [0.1, 0.15) is 17.3 Å². The summed E-state index contributed by atoms with van der Waals surface area (Å²) in [6.45, 7) is 1.47. The molecule has 0 atom stereocenters. The molecule has 0 aliphatic heterocycles. The van der Waals surface area contributed by atoms with Gasteiger partial charge in [0.05, 0.1) is 12.9 Å². The van der Waals surface area contributed by atoms with Crippen LogP contribution >= 0.6 is 11.3 Å². The van der Waals surface area contributed by atoms with Gasteiger partial charge in [-0.15, -0.1) is 11.3 Å². The SMILES string of the molecule is Cc1cc(Cn2c(=O)c3c(ncn3CC(N)=O)n(C)c2=O)no1.FC(F)(F)c1ncc(-c2nccs2)cn1. The summed E-state index contributed by atoms with van der Waals surface area (Å²) in [5.74, 6) is -1.18. The van der Waals surface area contributed by atoms with Crippen LogP contribution in [-0.4, -0.2) is 44.7 Å². The van der Waals surface area contributed by atoms with Crippen molar-refractivity contribution in [1.82, 2.24) is 38.8 Å². The Kier molecular flexibility index (Phi) is 7.20. The molecule has 0 bridgehead atoms. The number of nitrogens with two attached hydrogens (primary N) is 1. The highest BCUT2D eigenvalue weighted by Gasteiger charge is 2.34. The fourth-order valence-corrected chi connectivity index (χ4v) is 3.97. The molecule has 2 N–H and O–H groups in total. The van der Waals surface area contributed by atoms with Crippen molar-refractivity contribution in [1.29, 1.82) is 0 Å². The molecule has 38 heavy (non-hydrogen) atoms. The highest BCUT2D eigenvalue weighted by molar-refractivity contribution is 7.13. The lowest BCUT2D eigenvalue weighted by molar-refractivity contribution is -0.145. The fourth-order valence-electron chi connectivity index (χ4n) is 3.35. The summed E-state index contributed by atoms with van der Waals surface area (Å²) in [5, 5.41) is 6.11. The molecule has 5 aromatic heterocycles. The Morgan fingerprint density at radius 3 is 2.42 bits per heavy atom. The lowest BCUT2D eigenvalue weighted by atomic mass is 10.3. The summed E-state index contributed by atoms with van der Waals surface area (Å²) < 4.78 is 44.9. The van der Waals surface area contributed by atoms with Gasteiger partial charge in [0.25, 0.3) is 5.56 Å². The normalized spacial score (nSPS) is 11.4. The molecule has 0 aliphatic carbocycles. The zero-order valence-electron chi connectivity index (χ0n) is 19.7. The molecule has 0 unspecified atom stereocenters. The van der Waals surface area contributed by atoms with E-state index in [0.717, 1.165) is 17.0 Å². The average Bonchev–Trinajstić information content (AvgIpc) is 3.62. The van der Waals surface area contributed by atoms with Gasteiger partial charge in [0.1, 0.15) is 23.0 Å². The average molecular weight is 549 g/mol. The molecule has 0 spiro atoms. The second-order valence-corrected chi connectivity index (χ2v) is 8.70. The molecule has 0 fully saturated rings. The summed E-state index contributed by atoms with van der Waals surface area (Å²) in [5.41, 5.74) is 5.32. The van der Waals surface area contributed by atoms with Gasteiger partial charge in [0.15, 0.2) is 11.2 Å². The first-order valence-electron chi connectivity index (χ1n) is 10.6. The van der Waals surface area contributed by atoms with E-state index in [2.05, 4.69) is 25.1 Å². The van der Waals surface area contributed by atoms with Gasteiger partial charge in [-0.25, -0.2) is 24.7 Å². The Labute approximate surface area is 214 Å². The Balaban J connectivity index is 0.000000194. The lowest BCUT2D eigenvalue weighted by Gasteiger charge is -2.07. The van der Waals surface area contributed by atoms with Crippen LogP contribution in [0, 0.1) is 6.92 Å². The molecule has 17 heteroatoms. The summed E-state index contributed by atoms with van der Waals surface area (Å²) in [7, 11) is 1.50. The lowest BCUT2D eigenvalue weighted by Crippen LogP contribution is -2.40. The predicted octanol–water partition coefficient (Wildman–Crippen LogP) is 1.35. The van der Waals surface area contributed by atoms with E-state index in [1.807, 2.05) is 0 Å². The highest BCUT2D eigenvalue weighted by atomic mass is 32.1. The standard InChI is InChI=1S/C13H14N6O4.C8H4F3N3S/c1-7-3-8(16-23-7)4-19-12(21)10-11(17(2)13(19)22)15-6-18(10)5-9(14)20;9-8(10,11)7-13-3-5(4-14-7)6-12-1-2-15-6/h3,6H,4-5H2,1-2H3,(H2,14,20);1-4H. The molecule has 1 amide bonds. The van der Waals surface area contributed by atoms with Gasteiger partial charge >= 0.3 is 11.9 Å².